The van der Waals surface area contributed by atoms with Crippen molar-refractivity contribution in [2.45, 2.75) is 19.4 Å². The molecule has 1 aromatic carbocycles. The second-order valence-corrected chi connectivity index (χ2v) is 7.86. The van der Waals surface area contributed by atoms with E-state index in [-0.39, 0.29) is 5.56 Å². The number of rotatable bonds is 3. The number of hydrogen-bond donors (Lipinski definition) is 0. The Kier molecular flexibility index (Phi) is 4.13. The van der Waals surface area contributed by atoms with Gasteiger partial charge in [0.15, 0.2) is 11.5 Å². The summed E-state index contributed by atoms with van der Waals surface area (Å²) in [6, 6.07) is 11.8. The third-order valence-electron chi connectivity index (χ3n) is 5.69. The average molecular weight is 389 g/mol. The van der Waals surface area contributed by atoms with Crippen molar-refractivity contribution in [3.05, 3.63) is 58.8 Å². The van der Waals surface area contributed by atoms with Gasteiger partial charge in [0.1, 0.15) is 11.2 Å². The highest BCUT2D eigenvalue weighted by molar-refractivity contribution is 5.79. The van der Waals surface area contributed by atoms with Gasteiger partial charge in [0.2, 0.25) is 0 Å². The lowest BCUT2D eigenvalue weighted by atomic mass is 10.1. The summed E-state index contributed by atoms with van der Waals surface area (Å²) in [5.41, 5.74) is 4.56. The Hall–Kier alpha value is -3.19. The minimum Gasteiger partial charge on any atom is -0.441 e. The van der Waals surface area contributed by atoms with Gasteiger partial charge in [0.05, 0.1) is 11.4 Å². The molecule has 5 rings (SSSR count). The molecule has 1 saturated heterocycles. The number of hydrogen-bond acceptors (Lipinski definition) is 6. The van der Waals surface area contributed by atoms with E-state index in [1.807, 2.05) is 43.5 Å². The van der Waals surface area contributed by atoms with Crippen LogP contribution in [0.3, 0.4) is 0 Å². The Labute approximate surface area is 168 Å². The third-order valence-corrected chi connectivity index (χ3v) is 5.69. The Morgan fingerprint density at radius 2 is 2.00 bits per heavy atom. The zero-order chi connectivity index (χ0) is 20.1. The van der Waals surface area contributed by atoms with E-state index in [0.717, 1.165) is 36.3 Å². The van der Waals surface area contributed by atoms with Crippen LogP contribution in [0, 0.1) is 6.92 Å². The molecule has 0 amide bonds. The number of oxazole rings is 1. The number of nitrogens with zero attached hydrogens (tertiary/aromatic N) is 5. The minimum atomic E-state index is -0.0935. The third kappa shape index (κ3) is 3.17. The number of benzene rings is 1. The standard InChI is InChI=1S/C22H23N5O2/c1-14-23-18-6-4-15(10-20(18)29-14)19-11-22(28)27-13-17(5-7-21(27)24-19)26-9-8-16(12-26)25(2)3/h4-7,10-11,13,16H,8-9,12H2,1-3H3/t16-/m1/s1. The summed E-state index contributed by atoms with van der Waals surface area (Å²) in [5, 5.41) is 0. The van der Waals surface area contributed by atoms with Gasteiger partial charge in [-0.2, -0.15) is 0 Å². The van der Waals surface area contributed by atoms with Crippen molar-refractivity contribution in [2.24, 2.45) is 0 Å². The van der Waals surface area contributed by atoms with E-state index in [2.05, 4.69) is 28.9 Å². The highest BCUT2D eigenvalue weighted by Crippen LogP contribution is 2.25. The fraction of sp³-hybridized carbons (Fsp3) is 0.318. The van der Waals surface area contributed by atoms with E-state index in [4.69, 9.17) is 9.40 Å². The fourth-order valence-electron chi connectivity index (χ4n) is 4.02. The van der Waals surface area contributed by atoms with Crippen LogP contribution >= 0.6 is 0 Å². The van der Waals surface area contributed by atoms with Crippen molar-refractivity contribution in [3.63, 3.8) is 0 Å². The highest BCUT2D eigenvalue weighted by atomic mass is 16.3. The quantitative estimate of drug-likeness (QED) is 0.537. The SMILES string of the molecule is Cc1nc2ccc(-c3cc(=O)n4cc(N5CC[C@@H](N(C)C)C5)ccc4n3)cc2o1. The molecule has 0 radical (unpaired) electrons. The number of fused-ring (bicyclic) bond motifs is 2. The Morgan fingerprint density at radius 3 is 2.79 bits per heavy atom. The number of likely N-dealkylation sites (N-methyl/N-ethyl adjacent to an activating group) is 1. The zero-order valence-electron chi connectivity index (χ0n) is 16.8. The second kappa shape index (κ2) is 6.70. The molecule has 1 atom stereocenters. The van der Waals surface area contributed by atoms with E-state index >= 15 is 0 Å². The molecule has 29 heavy (non-hydrogen) atoms. The maximum absolute atomic E-state index is 12.8. The van der Waals surface area contributed by atoms with Crippen LogP contribution in [0.5, 0.6) is 0 Å². The minimum absolute atomic E-state index is 0.0935. The molecule has 3 aromatic heterocycles. The van der Waals surface area contributed by atoms with Gasteiger partial charge in [-0.05, 0) is 44.8 Å². The Bertz CT molecular complexity index is 1270. The molecule has 0 bridgehead atoms. The van der Waals surface area contributed by atoms with Crippen molar-refractivity contribution in [3.8, 4) is 11.3 Å². The van der Waals surface area contributed by atoms with Crippen LogP contribution in [-0.4, -0.2) is 52.5 Å². The van der Waals surface area contributed by atoms with Crippen LogP contribution in [0.25, 0.3) is 28.0 Å². The lowest BCUT2D eigenvalue weighted by Gasteiger charge is -2.22. The topological polar surface area (TPSA) is 66.9 Å². The molecule has 1 fully saturated rings. The van der Waals surface area contributed by atoms with Crippen molar-refractivity contribution in [2.75, 3.05) is 32.1 Å². The zero-order valence-corrected chi connectivity index (χ0v) is 16.8. The molecule has 1 aliphatic heterocycles. The summed E-state index contributed by atoms with van der Waals surface area (Å²) < 4.78 is 7.24. The summed E-state index contributed by atoms with van der Waals surface area (Å²) >= 11 is 0. The molecule has 7 heteroatoms. The van der Waals surface area contributed by atoms with Crippen LogP contribution in [0.4, 0.5) is 5.69 Å². The van der Waals surface area contributed by atoms with Gasteiger partial charge < -0.3 is 14.2 Å². The number of aromatic nitrogens is 3. The first-order valence-corrected chi connectivity index (χ1v) is 9.80. The molecule has 1 aliphatic rings. The maximum Gasteiger partial charge on any atom is 0.258 e. The molecule has 7 nitrogen and oxygen atoms in total. The first kappa shape index (κ1) is 17.9. The Balaban J connectivity index is 1.52. The number of anilines is 1. The second-order valence-electron chi connectivity index (χ2n) is 7.86. The van der Waals surface area contributed by atoms with Crippen molar-refractivity contribution < 1.29 is 4.42 Å². The molecule has 0 saturated carbocycles. The van der Waals surface area contributed by atoms with E-state index in [1.54, 1.807) is 10.5 Å². The van der Waals surface area contributed by atoms with Gasteiger partial charge in [-0.25, -0.2) is 9.97 Å². The normalized spacial score (nSPS) is 17.1. The van der Waals surface area contributed by atoms with Gasteiger partial charge in [0.25, 0.3) is 5.56 Å². The molecule has 0 aliphatic carbocycles. The van der Waals surface area contributed by atoms with Crippen LogP contribution in [0.15, 0.2) is 51.8 Å². The summed E-state index contributed by atoms with van der Waals surface area (Å²) in [4.78, 5) is 26.4. The summed E-state index contributed by atoms with van der Waals surface area (Å²) in [5.74, 6) is 0.620. The Morgan fingerprint density at radius 1 is 1.14 bits per heavy atom. The molecule has 0 unspecified atom stereocenters. The van der Waals surface area contributed by atoms with E-state index < -0.39 is 0 Å². The van der Waals surface area contributed by atoms with Crippen LogP contribution < -0.4 is 10.5 Å². The molecule has 0 N–H and O–H groups in total. The van der Waals surface area contributed by atoms with Gasteiger partial charge in [-0.3, -0.25) is 9.20 Å². The van der Waals surface area contributed by atoms with Gasteiger partial charge >= 0.3 is 0 Å². The van der Waals surface area contributed by atoms with Crippen LogP contribution in [-0.2, 0) is 0 Å². The molecular formula is C22H23N5O2. The van der Waals surface area contributed by atoms with Gasteiger partial charge in [-0.1, -0.05) is 6.07 Å². The first-order valence-electron chi connectivity index (χ1n) is 9.80. The summed E-state index contributed by atoms with van der Waals surface area (Å²) in [6.45, 7) is 3.78. The summed E-state index contributed by atoms with van der Waals surface area (Å²) in [6.07, 6.45) is 3.02. The van der Waals surface area contributed by atoms with Crippen molar-refractivity contribution in [1.82, 2.24) is 19.3 Å². The predicted molar refractivity (Wildman–Crippen MR) is 114 cm³/mol. The van der Waals surface area contributed by atoms with E-state index in [9.17, 15) is 4.79 Å². The largest absolute Gasteiger partial charge is 0.441 e. The molecular weight excluding hydrogens is 366 g/mol. The van der Waals surface area contributed by atoms with Crippen molar-refractivity contribution >= 4 is 22.4 Å². The molecule has 148 valence electrons. The average Bonchev–Trinajstić information content (AvgIpc) is 3.33. The smallest absolute Gasteiger partial charge is 0.258 e. The highest BCUT2D eigenvalue weighted by Gasteiger charge is 2.24. The summed E-state index contributed by atoms with van der Waals surface area (Å²) in [7, 11) is 4.23. The fourth-order valence-corrected chi connectivity index (χ4v) is 4.02. The van der Waals surface area contributed by atoms with E-state index in [1.165, 1.54) is 0 Å². The van der Waals surface area contributed by atoms with Gasteiger partial charge in [0, 0.05) is 43.9 Å². The van der Waals surface area contributed by atoms with Gasteiger partial charge in [-0.15, -0.1) is 0 Å². The lowest BCUT2D eigenvalue weighted by Crippen LogP contribution is -2.31. The predicted octanol–water partition coefficient (Wildman–Crippen LogP) is 2.95. The monoisotopic (exact) mass is 389 g/mol. The number of pyridine rings is 1. The maximum atomic E-state index is 12.8. The van der Waals surface area contributed by atoms with Crippen LogP contribution in [0.2, 0.25) is 0 Å². The van der Waals surface area contributed by atoms with Crippen molar-refractivity contribution in [1.29, 1.82) is 0 Å². The number of aryl methyl sites for hydroxylation is 1. The lowest BCUT2D eigenvalue weighted by molar-refractivity contribution is 0.315. The van der Waals surface area contributed by atoms with E-state index in [0.29, 0.717) is 28.9 Å². The molecule has 4 aromatic rings. The molecule has 4 heterocycles. The van der Waals surface area contributed by atoms with Crippen LogP contribution in [0.1, 0.15) is 12.3 Å². The molecule has 0 spiro atoms. The first-order chi connectivity index (χ1) is 14.0.